The lowest BCUT2D eigenvalue weighted by Gasteiger charge is -2.67. The number of nitrogens with one attached hydrogen (secondary N) is 1. The molecule has 0 radical (unpaired) electrons. The van der Waals surface area contributed by atoms with Crippen molar-refractivity contribution in [2.24, 2.45) is 21.7 Å². The number of piperidine rings is 2. The first-order chi connectivity index (χ1) is 23.0. The number of likely N-dealkylation sites (tertiary alicyclic amines) is 4. The van der Waals surface area contributed by atoms with E-state index in [0.717, 1.165) is 6.54 Å². The molecule has 5 nitrogen and oxygen atoms in total. The Morgan fingerprint density at radius 1 is 0.653 bits per heavy atom. The van der Waals surface area contributed by atoms with Crippen molar-refractivity contribution in [1.29, 1.82) is 0 Å². The van der Waals surface area contributed by atoms with Gasteiger partial charge in [-0.15, -0.1) is 0 Å². The molecule has 2 saturated carbocycles. The molecule has 1 unspecified atom stereocenters. The first-order valence-corrected chi connectivity index (χ1v) is 19.6. The van der Waals surface area contributed by atoms with Gasteiger partial charge in [-0.2, -0.15) is 0 Å². The number of fused-ring (bicyclic) bond motifs is 2. The van der Waals surface area contributed by atoms with Gasteiger partial charge in [0.1, 0.15) is 12.3 Å². The van der Waals surface area contributed by atoms with Gasteiger partial charge in [0.15, 0.2) is 0 Å². The minimum absolute atomic E-state index is 0. The molecule has 49 heavy (non-hydrogen) atoms. The van der Waals surface area contributed by atoms with Gasteiger partial charge in [-0.1, -0.05) is 101 Å². The third-order valence-corrected chi connectivity index (χ3v) is 14.9. The quantitative estimate of drug-likeness (QED) is 0.461. The zero-order valence-corrected chi connectivity index (χ0v) is 32.3. The van der Waals surface area contributed by atoms with Gasteiger partial charge in [-0.25, -0.2) is 0 Å². The maximum atomic E-state index is 9.44. The van der Waals surface area contributed by atoms with E-state index in [9.17, 15) is 4.79 Å². The Hall–Kier alpha value is -1.76. The van der Waals surface area contributed by atoms with Crippen LogP contribution in [0.5, 0.6) is 0 Å². The van der Waals surface area contributed by atoms with E-state index in [2.05, 4.69) is 103 Å². The summed E-state index contributed by atoms with van der Waals surface area (Å²) in [6.45, 7) is 24.3. The fourth-order valence-corrected chi connectivity index (χ4v) is 13.1. The van der Waals surface area contributed by atoms with E-state index in [1.807, 2.05) is 4.90 Å². The van der Waals surface area contributed by atoms with Gasteiger partial charge in [-0.3, -0.25) is 4.90 Å². The molecule has 0 amide bonds. The molecule has 6 aliphatic rings. The summed E-state index contributed by atoms with van der Waals surface area (Å²) in [7, 11) is 0. The average molecular weight is 689 g/mol. The Kier molecular flexibility index (Phi) is 10.8. The molecule has 7 atom stereocenters. The summed E-state index contributed by atoms with van der Waals surface area (Å²) in [6, 6.07) is 25.8. The monoisotopic (exact) mass is 688 g/mol. The van der Waals surface area contributed by atoms with Gasteiger partial charge in [0.05, 0.1) is 17.5 Å². The van der Waals surface area contributed by atoms with Gasteiger partial charge >= 0.3 is 0 Å². The normalized spacial score (nSPS) is 36.1. The molecular weight excluding hydrogens is 624 g/mol. The minimum atomic E-state index is 0. The van der Waals surface area contributed by atoms with Crippen molar-refractivity contribution in [1.82, 2.24) is 14.7 Å². The third kappa shape index (κ3) is 5.96. The topological polar surface area (TPSA) is 31.2 Å². The molecule has 2 aliphatic carbocycles. The molecule has 4 heterocycles. The molecule has 6 heteroatoms. The number of carbonyl (C=O) groups is 1. The van der Waals surface area contributed by atoms with E-state index in [-0.39, 0.29) is 39.9 Å². The van der Waals surface area contributed by atoms with Gasteiger partial charge in [-0.05, 0) is 76.7 Å². The Morgan fingerprint density at radius 3 is 1.65 bits per heavy atom. The molecular formula is C43H65ClN4O. The van der Waals surface area contributed by atoms with Crippen LogP contribution in [0.4, 0.5) is 0 Å². The number of Topliss-reactive ketones (excluding diaryl/α,β-unsaturated/α-hetero) is 1. The van der Waals surface area contributed by atoms with Gasteiger partial charge < -0.3 is 31.9 Å². The SMILES string of the molecule is CC(C)=O.CC1(C)[C@@H]2C[C@H]3[NH+](Cc4ccccc4)[C@H]4C[C@@H](N2Cc2ccccc2)[C@]1(CN1CCCCC1)[C@]3(CN1CCCCC1)C4(C)C.[Cl-]. The Balaban J connectivity index is 0.000000792. The van der Waals surface area contributed by atoms with Crippen molar-refractivity contribution in [3.63, 3.8) is 0 Å². The van der Waals surface area contributed by atoms with Gasteiger partial charge in [0.25, 0.3) is 0 Å². The molecule has 0 spiro atoms. The lowest BCUT2D eigenvalue weighted by molar-refractivity contribution is -0.956. The smallest absolute Gasteiger partial charge is 0.126 e. The Morgan fingerprint density at radius 2 is 1.12 bits per heavy atom. The maximum Gasteiger partial charge on any atom is 0.126 e. The van der Waals surface area contributed by atoms with Crippen LogP contribution < -0.4 is 17.3 Å². The second-order valence-electron chi connectivity index (χ2n) is 18.0. The van der Waals surface area contributed by atoms with E-state index in [1.54, 1.807) is 5.56 Å². The molecule has 2 aromatic rings. The Labute approximate surface area is 304 Å². The predicted octanol–water partition coefficient (Wildman–Crippen LogP) is 3.48. The highest BCUT2D eigenvalue weighted by Gasteiger charge is 2.88. The molecule has 6 fully saturated rings. The highest BCUT2D eigenvalue weighted by Crippen LogP contribution is 2.78. The number of benzene rings is 2. The second kappa shape index (κ2) is 14.3. The number of rotatable bonds is 8. The largest absolute Gasteiger partial charge is 1.00 e. The summed E-state index contributed by atoms with van der Waals surface area (Å²) < 4.78 is 0. The van der Waals surface area contributed by atoms with Crippen LogP contribution in [-0.4, -0.2) is 83.9 Å². The fourth-order valence-electron chi connectivity index (χ4n) is 13.1. The molecule has 270 valence electrons. The van der Waals surface area contributed by atoms with E-state index < -0.39 is 0 Å². The lowest BCUT2D eigenvalue weighted by Crippen LogP contribution is -3.17. The summed E-state index contributed by atoms with van der Waals surface area (Å²) in [4.78, 5) is 20.5. The van der Waals surface area contributed by atoms with Crippen LogP contribution in [0.2, 0.25) is 0 Å². The van der Waals surface area contributed by atoms with Crippen molar-refractivity contribution in [2.45, 2.75) is 130 Å². The third-order valence-electron chi connectivity index (χ3n) is 14.9. The van der Waals surface area contributed by atoms with Crippen LogP contribution in [0.25, 0.3) is 0 Å². The lowest BCUT2D eigenvalue weighted by atomic mass is 9.35. The van der Waals surface area contributed by atoms with Crippen LogP contribution in [0.3, 0.4) is 0 Å². The molecule has 1 N–H and O–H groups in total. The molecule has 4 saturated heterocycles. The summed E-state index contributed by atoms with van der Waals surface area (Å²) >= 11 is 0. The molecule has 4 aliphatic heterocycles. The van der Waals surface area contributed by atoms with Crippen molar-refractivity contribution in [3.05, 3.63) is 71.8 Å². The number of hydrogen-bond donors (Lipinski definition) is 1. The maximum absolute atomic E-state index is 9.44. The predicted molar refractivity (Wildman–Crippen MR) is 197 cm³/mol. The van der Waals surface area contributed by atoms with Crippen LogP contribution in [0.15, 0.2) is 60.7 Å². The zero-order valence-electron chi connectivity index (χ0n) is 31.5. The highest BCUT2D eigenvalue weighted by molar-refractivity contribution is 5.72. The molecule has 8 rings (SSSR count). The van der Waals surface area contributed by atoms with Crippen LogP contribution in [0, 0.1) is 21.7 Å². The number of halogens is 1. The zero-order chi connectivity index (χ0) is 33.7. The van der Waals surface area contributed by atoms with Crippen molar-refractivity contribution in [3.8, 4) is 0 Å². The van der Waals surface area contributed by atoms with Crippen LogP contribution in [-0.2, 0) is 17.9 Å². The standard InChI is InChI=1S/C40H58N4.C3H6O.ClH/c1-37(2)33-25-36-40(30-42-23-15-8-16-24-42)38(3,4)34(44(36)28-32-19-11-6-12-20-32)26-35(43(33)27-31-17-9-5-10-18-31)39(37,40)29-41-21-13-7-14-22-41;1-3(2)4;/h5-6,9-12,17-20,33-36H,7-8,13-16,21-30H2,1-4H3;1-2H3;1H/t33-,34-,35+,36+,39-,40-;;/m0../s1. The summed E-state index contributed by atoms with van der Waals surface area (Å²) in [6.07, 6.45) is 11.1. The average Bonchev–Trinajstić information content (AvgIpc) is 3.25. The van der Waals surface area contributed by atoms with E-state index >= 15 is 0 Å². The van der Waals surface area contributed by atoms with E-state index in [0.29, 0.717) is 24.2 Å². The number of carbonyl (C=O) groups excluding carboxylic acids is 1. The summed E-state index contributed by atoms with van der Waals surface area (Å²) in [5.41, 5.74) is 4.17. The minimum Gasteiger partial charge on any atom is -1.00 e. The summed E-state index contributed by atoms with van der Waals surface area (Å²) in [5, 5.41) is 0. The second-order valence-corrected chi connectivity index (χ2v) is 18.0. The van der Waals surface area contributed by atoms with Gasteiger partial charge in [0.2, 0.25) is 0 Å². The van der Waals surface area contributed by atoms with E-state index in [4.69, 9.17) is 0 Å². The number of ketones is 1. The number of hydrogen-bond acceptors (Lipinski definition) is 4. The number of quaternary nitrogens is 1. The van der Waals surface area contributed by atoms with Crippen molar-refractivity contribution >= 4 is 5.78 Å². The summed E-state index contributed by atoms with van der Waals surface area (Å²) in [5.74, 6) is 0.167. The first kappa shape index (κ1) is 37.0. The van der Waals surface area contributed by atoms with Crippen LogP contribution in [0.1, 0.15) is 104 Å². The van der Waals surface area contributed by atoms with Crippen molar-refractivity contribution in [2.75, 3.05) is 39.3 Å². The van der Waals surface area contributed by atoms with Crippen LogP contribution >= 0.6 is 0 Å². The fraction of sp³-hybridized carbons (Fsp3) is 0.698. The first-order valence-electron chi connectivity index (χ1n) is 19.6. The molecule has 4 bridgehead atoms. The highest BCUT2D eigenvalue weighted by atomic mass is 35.5. The number of nitrogens with zero attached hydrogens (tertiary/aromatic N) is 3. The molecule has 0 aromatic heterocycles. The van der Waals surface area contributed by atoms with E-state index in [1.165, 1.54) is 117 Å². The van der Waals surface area contributed by atoms with Gasteiger partial charge in [0, 0.05) is 61.0 Å². The molecule has 2 aromatic carbocycles. The van der Waals surface area contributed by atoms with Crippen molar-refractivity contribution < 1.29 is 22.1 Å². The Bertz CT molecular complexity index is 1300.